The van der Waals surface area contributed by atoms with Crippen LogP contribution in [0.3, 0.4) is 0 Å². The first-order valence-corrected chi connectivity index (χ1v) is 9.11. The lowest BCUT2D eigenvalue weighted by molar-refractivity contribution is -0.117. The Morgan fingerprint density at radius 3 is 2.52 bits per heavy atom. The molecule has 9 heteroatoms. The van der Waals surface area contributed by atoms with E-state index in [-0.39, 0.29) is 18.4 Å². The van der Waals surface area contributed by atoms with Gasteiger partial charge in [-0.05, 0) is 35.4 Å². The fraction of sp³-hybridized carbons (Fsp3) is 0.250. The Balaban J connectivity index is 1.69. The number of carbonyl (C=O) groups is 2. The smallest absolute Gasteiger partial charge is 0.248 e. The van der Waals surface area contributed by atoms with Gasteiger partial charge in [0.25, 0.3) is 0 Å². The van der Waals surface area contributed by atoms with Gasteiger partial charge in [0.15, 0.2) is 0 Å². The molecule has 0 fully saturated rings. The summed E-state index contributed by atoms with van der Waals surface area (Å²) in [6, 6.07) is 12.8. The van der Waals surface area contributed by atoms with E-state index < -0.39 is 0 Å². The first-order valence-electron chi connectivity index (χ1n) is 9.11. The molecular formula is C20H22N6O3. The molecule has 3 aromatic rings. The van der Waals surface area contributed by atoms with Gasteiger partial charge in [0.2, 0.25) is 17.6 Å². The first-order chi connectivity index (χ1) is 14.0. The number of aryl methyl sites for hydroxylation is 1. The summed E-state index contributed by atoms with van der Waals surface area (Å²) in [7, 11) is 1.50. The number of ether oxygens (including phenoxy) is 1. The Labute approximate surface area is 168 Å². The Morgan fingerprint density at radius 1 is 1.10 bits per heavy atom. The Kier molecular flexibility index (Phi) is 6.18. The second-order valence-electron chi connectivity index (χ2n) is 6.34. The van der Waals surface area contributed by atoms with Crippen molar-refractivity contribution >= 4 is 23.2 Å². The molecule has 0 unspecified atom stereocenters. The molecule has 1 aromatic heterocycles. The van der Waals surface area contributed by atoms with Crippen molar-refractivity contribution in [3.8, 4) is 17.1 Å². The van der Waals surface area contributed by atoms with Crippen molar-refractivity contribution in [2.45, 2.75) is 26.8 Å². The van der Waals surface area contributed by atoms with Gasteiger partial charge in [-0.3, -0.25) is 9.59 Å². The minimum Gasteiger partial charge on any atom is -0.495 e. The van der Waals surface area contributed by atoms with E-state index in [1.54, 1.807) is 18.2 Å². The van der Waals surface area contributed by atoms with Crippen LogP contribution in [-0.2, 0) is 22.6 Å². The maximum atomic E-state index is 12.4. The summed E-state index contributed by atoms with van der Waals surface area (Å²) in [5, 5.41) is 17.6. The highest BCUT2D eigenvalue weighted by Gasteiger charge is 2.13. The fourth-order valence-corrected chi connectivity index (χ4v) is 2.72. The molecule has 0 aliphatic carbocycles. The number of hydrogen-bond acceptors (Lipinski definition) is 6. The summed E-state index contributed by atoms with van der Waals surface area (Å²) in [4.78, 5) is 24.9. The van der Waals surface area contributed by atoms with E-state index in [2.05, 4.69) is 33.0 Å². The molecule has 2 aromatic carbocycles. The van der Waals surface area contributed by atoms with Crippen LogP contribution in [0.5, 0.6) is 5.75 Å². The van der Waals surface area contributed by atoms with Crippen molar-refractivity contribution in [3.05, 3.63) is 48.0 Å². The number of carbonyl (C=O) groups excluding carboxylic acids is 2. The van der Waals surface area contributed by atoms with Crippen molar-refractivity contribution in [1.82, 2.24) is 20.2 Å². The van der Waals surface area contributed by atoms with Crippen LogP contribution in [0.2, 0.25) is 0 Å². The van der Waals surface area contributed by atoms with Gasteiger partial charge < -0.3 is 15.4 Å². The Hall–Kier alpha value is -3.75. The SMILES string of the molecule is CCc1ccc(-c2nnn(CC(=O)Nc3cc(NC(C)=O)ccc3OC)n2)cc1. The molecule has 29 heavy (non-hydrogen) atoms. The molecule has 0 bridgehead atoms. The minimum absolute atomic E-state index is 0.117. The van der Waals surface area contributed by atoms with E-state index in [0.29, 0.717) is 22.9 Å². The van der Waals surface area contributed by atoms with Crippen molar-refractivity contribution in [3.63, 3.8) is 0 Å². The molecule has 0 saturated heterocycles. The molecule has 2 amide bonds. The molecule has 3 rings (SSSR count). The van der Waals surface area contributed by atoms with Crippen LogP contribution in [0.4, 0.5) is 11.4 Å². The zero-order valence-electron chi connectivity index (χ0n) is 16.5. The molecule has 0 aliphatic heterocycles. The fourth-order valence-electron chi connectivity index (χ4n) is 2.72. The van der Waals surface area contributed by atoms with E-state index in [1.807, 2.05) is 24.3 Å². The third kappa shape index (κ3) is 5.16. The van der Waals surface area contributed by atoms with E-state index >= 15 is 0 Å². The van der Waals surface area contributed by atoms with Crippen LogP contribution >= 0.6 is 0 Å². The molecule has 9 nitrogen and oxygen atoms in total. The van der Waals surface area contributed by atoms with Gasteiger partial charge in [0.05, 0.1) is 12.8 Å². The number of hydrogen-bond donors (Lipinski definition) is 2. The predicted molar refractivity (Wildman–Crippen MR) is 109 cm³/mol. The van der Waals surface area contributed by atoms with Crippen molar-refractivity contribution < 1.29 is 14.3 Å². The number of aromatic nitrogens is 4. The molecule has 150 valence electrons. The average Bonchev–Trinajstić information content (AvgIpc) is 3.16. The van der Waals surface area contributed by atoms with E-state index in [0.717, 1.165) is 12.0 Å². The summed E-state index contributed by atoms with van der Waals surface area (Å²) in [6.07, 6.45) is 0.952. The van der Waals surface area contributed by atoms with Gasteiger partial charge in [0, 0.05) is 18.2 Å². The van der Waals surface area contributed by atoms with Crippen LogP contribution in [0.25, 0.3) is 11.4 Å². The third-order valence-electron chi connectivity index (χ3n) is 4.15. The van der Waals surface area contributed by atoms with Crippen LogP contribution in [0.1, 0.15) is 19.4 Å². The second kappa shape index (κ2) is 8.96. The first kappa shape index (κ1) is 20.0. The molecule has 0 atom stereocenters. The van der Waals surface area contributed by atoms with Gasteiger partial charge in [0.1, 0.15) is 12.3 Å². The standard InChI is InChI=1S/C20H22N6O3/c1-4-14-5-7-15(8-6-14)20-23-25-26(24-20)12-19(28)22-17-11-16(21-13(2)27)9-10-18(17)29-3/h5-11H,4,12H2,1-3H3,(H,21,27)(H,22,28). The van der Waals surface area contributed by atoms with Crippen LogP contribution in [0, 0.1) is 0 Å². The lowest BCUT2D eigenvalue weighted by atomic mass is 10.1. The largest absolute Gasteiger partial charge is 0.495 e. The highest BCUT2D eigenvalue weighted by Crippen LogP contribution is 2.28. The maximum Gasteiger partial charge on any atom is 0.248 e. The lowest BCUT2D eigenvalue weighted by Crippen LogP contribution is -2.21. The van der Waals surface area contributed by atoms with E-state index in [1.165, 1.54) is 24.4 Å². The quantitative estimate of drug-likeness (QED) is 0.637. The van der Waals surface area contributed by atoms with Gasteiger partial charge in [-0.1, -0.05) is 31.2 Å². The second-order valence-corrected chi connectivity index (χ2v) is 6.34. The molecule has 2 N–H and O–H groups in total. The van der Waals surface area contributed by atoms with Gasteiger partial charge in [-0.2, -0.15) is 4.80 Å². The minimum atomic E-state index is -0.353. The Morgan fingerprint density at radius 2 is 1.86 bits per heavy atom. The number of nitrogens with zero attached hydrogens (tertiary/aromatic N) is 4. The lowest BCUT2D eigenvalue weighted by Gasteiger charge is -2.12. The summed E-state index contributed by atoms with van der Waals surface area (Å²) in [6.45, 7) is 3.38. The van der Waals surface area contributed by atoms with Crippen molar-refractivity contribution in [1.29, 1.82) is 0 Å². The van der Waals surface area contributed by atoms with Crippen molar-refractivity contribution in [2.75, 3.05) is 17.7 Å². The summed E-state index contributed by atoms with van der Waals surface area (Å²) >= 11 is 0. The summed E-state index contributed by atoms with van der Waals surface area (Å²) in [5.74, 6) is 0.355. The van der Waals surface area contributed by atoms with E-state index in [9.17, 15) is 9.59 Å². The van der Waals surface area contributed by atoms with Crippen LogP contribution in [-0.4, -0.2) is 39.1 Å². The van der Waals surface area contributed by atoms with E-state index in [4.69, 9.17) is 4.74 Å². The topological polar surface area (TPSA) is 111 Å². The number of benzene rings is 2. The zero-order chi connectivity index (χ0) is 20.8. The number of tetrazole rings is 1. The summed E-state index contributed by atoms with van der Waals surface area (Å²) < 4.78 is 5.26. The molecule has 1 heterocycles. The highest BCUT2D eigenvalue weighted by atomic mass is 16.5. The molecule has 0 aliphatic rings. The van der Waals surface area contributed by atoms with Crippen molar-refractivity contribution in [2.24, 2.45) is 0 Å². The highest BCUT2D eigenvalue weighted by molar-refractivity contribution is 5.94. The molecular weight excluding hydrogens is 372 g/mol. The maximum absolute atomic E-state index is 12.4. The number of anilines is 2. The molecule has 0 radical (unpaired) electrons. The third-order valence-corrected chi connectivity index (χ3v) is 4.15. The summed E-state index contributed by atoms with van der Waals surface area (Å²) in [5.41, 5.74) is 3.03. The number of rotatable bonds is 7. The van der Waals surface area contributed by atoms with Crippen LogP contribution in [0.15, 0.2) is 42.5 Å². The zero-order valence-corrected chi connectivity index (χ0v) is 16.5. The van der Waals surface area contributed by atoms with Gasteiger partial charge in [-0.15, -0.1) is 10.2 Å². The molecule has 0 saturated carbocycles. The number of nitrogens with one attached hydrogen (secondary N) is 2. The van der Waals surface area contributed by atoms with Gasteiger partial charge >= 0.3 is 0 Å². The number of amides is 2. The molecule has 0 spiro atoms. The normalized spacial score (nSPS) is 10.4. The van der Waals surface area contributed by atoms with Gasteiger partial charge in [-0.25, -0.2) is 0 Å². The predicted octanol–water partition coefficient (Wildman–Crippen LogP) is 2.51. The van der Waals surface area contributed by atoms with Crippen LogP contribution < -0.4 is 15.4 Å². The average molecular weight is 394 g/mol. The Bertz CT molecular complexity index is 1010. The number of methoxy groups -OCH3 is 1. The monoisotopic (exact) mass is 394 g/mol.